The van der Waals surface area contributed by atoms with E-state index >= 15 is 0 Å². The number of piperazine rings is 1. The summed E-state index contributed by atoms with van der Waals surface area (Å²) in [6.45, 7) is 5.57. The molecule has 0 spiro atoms. The molecule has 0 radical (unpaired) electrons. The molecule has 16 heavy (non-hydrogen) atoms. The largest absolute Gasteiger partial charge is 0.388 e. The van der Waals surface area contributed by atoms with E-state index in [1.54, 1.807) is 11.3 Å². The van der Waals surface area contributed by atoms with Gasteiger partial charge in [-0.1, -0.05) is 6.07 Å². The second-order valence-electron chi connectivity index (χ2n) is 4.46. The summed E-state index contributed by atoms with van der Waals surface area (Å²) in [4.78, 5) is 5.89. The molecule has 1 atom stereocenters. The molecule has 1 aromatic rings. The average molecular weight is 240 g/mol. The van der Waals surface area contributed by atoms with Crippen molar-refractivity contribution < 1.29 is 5.11 Å². The van der Waals surface area contributed by atoms with Gasteiger partial charge in [-0.15, -0.1) is 11.3 Å². The van der Waals surface area contributed by atoms with Crippen molar-refractivity contribution in [1.29, 1.82) is 0 Å². The lowest BCUT2D eigenvalue weighted by molar-refractivity contribution is 0.114. The van der Waals surface area contributed by atoms with Gasteiger partial charge < -0.3 is 14.9 Å². The van der Waals surface area contributed by atoms with Crippen LogP contribution in [0, 0.1) is 0 Å². The first-order valence-corrected chi connectivity index (χ1v) is 6.76. The molecule has 1 fully saturated rings. The molecule has 1 aliphatic rings. The van der Waals surface area contributed by atoms with Crippen molar-refractivity contribution in [3.63, 3.8) is 0 Å². The fourth-order valence-corrected chi connectivity index (χ4v) is 2.75. The zero-order valence-corrected chi connectivity index (χ0v) is 10.6. The third-order valence-corrected chi connectivity index (χ3v) is 4.16. The molecule has 1 N–H and O–H groups in total. The number of aliphatic hydroxyl groups excluding tert-OH is 1. The number of rotatable bonds is 4. The topological polar surface area (TPSA) is 26.7 Å². The standard InChI is InChI=1S/C12H20N2OS/c1-13-6-8-14(9-7-13)5-4-11(15)12-3-2-10-16-12/h2-3,10-11,15H,4-9H2,1H3. The van der Waals surface area contributed by atoms with E-state index in [0.29, 0.717) is 0 Å². The Labute approximate surface area is 101 Å². The number of aliphatic hydroxyl groups is 1. The third-order valence-electron chi connectivity index (χ3n) is 3.19. The van der Waals surface area contributed by atoms with Crippen molar-refractivity contribution in [2.75, 3.05) is 39.8 Å². The summed E-state index contributed by atoms with van der Waals surface area (Å²) in [7, 11) is 2.16. The Hall–Kier alpha value is -0.420. The summed E-state index contributed by atoms with van der Waals surface area (Å²) in [5.41, 5.74) is 0. The van der Waals surface area contributed by atoms with Crippen molar-refractivity contribution in [1.82, 2.24) is 9.80 Å². The average Bonchev–Trinajstić information content (AvgIpc) is 2.81. The van der Waals surface area contributed by atoms with Gasteiger partial charge in [0.15, 0.2) is 0 Å². The number of likely N-dealkylation sites (N-methyl/N-ethyl adjacent to an activating group) is 1. The fourth-order valence-electron chi connectivity index (χ4n) is 2.00. The number of hydrogen-bond donors (Lipinski definition) is 1. The molecule has 2 rings (SSSR count). The molecule has 1 aromatic heterocycles. The first-order valence-electron chi connectivity index (χ1n) is 5.88. The summed E-state index contributed by atoms with van der Waals surface area (Å²) < 4.78 is 0. The van der Waals surface area contributed by atoms with Crippen LogP contribution in [0.5, 0.6) is 0 Å². The van der Waals surface area contributed by atoms with Crippen molar-refractivity contribution in [3.05, 3.63) is 22.4 Å². The van der Waals surface area contributed by atoms with Crippen molar-refractivity contribution in [3.8, 4) is 0 Å². The van der Waals surface area contributed by atoms with Gasteiger partial charge in [0.25, 0.3) is 0 Å². The van der Waals surface area contributed by atoms with Crippen molar-refractivity contribution in [2.24, 2.45) is 0 Å². The number of hydrogen-bond acceptors (Lipinski definition) is 4. The van der Waals surface area contributed by atoms with Crippen LogP contribution in [0.3, 0.4) is 0 Å². The minimum absolute atomic E-state index is 0.278. The van der Waals surface area contributed by atoms with Gasteiger partial charge in [-0.3, -0.25) is 0 Å². The predicted molar refractivity (Wildman–Crippen MR) is 67.8 cm³/mol. The molecule has 1 unspecified atom stereocenters. The Bertz CT molecular complexity index is 294. The predicted octanol–water partition coefficient (Wildman–Crippen LogP) is 1.42. The highest BCUT2D eigenvalue weighted by molar-refractivity contribution is 7.10. The Balaban J connectivity index is 1.71. The van der Waals surface area contributed by atoms with Gasteiger partial charge in [0.2, 0.25) is 0 Å². The van der Waals surface area contributed by atoms with Crippen LogP contribution < -0.4 is 0 Å². The van der Waals surface area contributed by atoms with Crippen molar-refractivity contribution in [2.45, 2.75) is 12.5 Å². The monoisotopic (exact) mass is 240 g/mol. The Kier molecular flexibility index (Phi) is 4.35. The molecule has 3 nitrogen and oxygen atoms in total. The highest BCUT2D eigenvalue weighted by Crippen LogP contribution is 2.21. The summed E-state index contributed by atoms with van der Waals surface area (Å²) in [6.07, 6.45) is 0.573. The van der Waals surface area contributed by atoms with Crippen LogP contribution in [0.4, 0.5) is 0 Å². The highest BCUT2D eigenvalue weighted by atomic mass is 32.1. The number of thiophene rings is 1. The normalized spacial score (nSPS) is 21.1. The molecule has 4 heteroatoms. The molecule has 90 valence electrons. The molecule has 2 heterocycles. The van der Waals surface area contributed by atoms with Crippen LogP contribution in [0.15, 0.2) is 17.5 Å². The maximum Gasteiger partial charge on any atom is 0.0894 e. The lowest BCUT2D eigenvalue weighted by Gasteiger charge is -2.32. The molecule has 1 saturated heterocycles. The van der Waals surface area contributed by atoms with E-state index in [1.807, 2.05) is 17.5 Å². The quantitative estimate of drug-likeness (QED) is 0.862. The maximum atomic E-state index is 9.97. The van der Waals surface area contributed by atoms with E-state index < -0.39 is 0 Å². The molecule has 0 aliphatic carbocycles. The van der Waals surface area contributed by atoms with E-state index in [4.69, 9.17) is 0 Å². The smallest absolute Gasteiger partial charge is 0.0894 e. The minimum atomic E-state index is -0.278. The molecule has 0 amide bonds. The Morgan fingerprint density at radius 1 is 1.38 bits per heavy atom. The van der Waals surface area contributed by atoms with Crippen molar-refractivity contribution >= 4 is 11.3 Å². The summed E-state index contributed by atoms with van der Waals surface area (Å²) in [5, 5.41) is 12.0. The zero-order valence-electron chi connectivity index (χ0n) is 9.80. The van der Waals surface area contributed by atoms with Gasteiger partial charge in [-0.05, 0) is 24.9 Å². The fraction of sp³-hybridized carbons (Fsp3) is 0.667. The Morgan fingerprint density at radius 2 is 2.12 bits per heavy atom. The van der Waals surface area contributed by atoms with Crippen LogP contribution in [-0.2, 0) is 0 Å². The van der Waals surface area contributed by atoms with Gasteiger partial charge in [0.1, 0.15) is 0 Å². The molecular formula is C12H20N2OS. The molecule has 0 aromatic carbocycles. The van der Waals surface area contributed by atoms with Crippen LogP contribution in [-0.4, -0.2) is 54.7 Å². The first kappa shape index (κ1) is 12.0. The van der Waals surface area contributed by atoms with Gasteiger partial charge >= 0.3 is 0 Å². The van der Waals surface area contributed by atoms with E-state index in [9.17, 15) is 5.11 Å². The summed E-state index contributed by atoms with van der Waals surface area (Å²) >= 11 is 1.64. The summed E-state index contributed by atoms with van der Waals surface area (Å²) in [6, 6.07) is 4.01. The molecule has 0 bridgehead atoms. The molecule has 1 aliphatic heterocycles. The van der Waals surface area contributed by atoms with E-state index in [-0.39, 0.29) is 6.10 Å². The highest BCUT2D eigenvalue weighted by Gasteiger charge is 2.15. The molecule has 0 saturated carbocycles. The van der Waals surface area contributed by atoms with Crippen LogP contribution in [0.1, 0.15) is 17.4 Å². The SMILES string of the molecule is CN1CCN(CCC(O)c2cccs2)CC1. The third kappa shape index (κ3) is 3.28. The lowest BCUT2D eigenvalue weighted by atomic mass is 10.2. The number of nitrogens with zero attached hydrogens (tertiary/aromatic N) is 2. The molecular weight excluding hydrogens is 220 g/mol. The Morgan fingerprint density at radius 3 is 2.75 bits per heavy atom. The van der Waals surface area contributed by atoms with Gasteiger partial charge in [0, 0.05) is 37.6 Å². The second-order valence-corrected chi connectivity index (χ2v) is 5.44. The van der Waals surface area contributed by atoms with E-state index in [2.05, 4.69) is 16.8 Å². The zero-order chi connectivity index (χ0) is 11.4. The van der Waals surface area contributed by atoms with Gasteiger partial charge in [-0.2, -0.15) is 0 Å². The van der Waals surface area contributed by atoms with Gasteiger partial charge in [-0.25, -0.2) is 0 Å². The van der Waals surface area contributed by atoms with Crippen LogP contribution in [0.25, 0.3) is 0 Å². The maximum absolute atomic E-state index is 9.97. The summed E-state index contributed by atoms with van der Waals surface area (Å²) in [5.74, 6) is 0. The minimum Gasteiger partial charge on any atom is -0.388 e. The lowest BCUT2D eigenvalue weighted by Crippen LogP contribution is -2.44. The van der Waals surface area contributed by atoms with Gasteiger partial charge in [0.05, 0.1) is 6.10 Å². The second kappa shape index (κ2) is 5.77. The van der Waals surface area contributed by atoms with E-state index in [1.165, 1.54) is 0 Å². The first-order chi connectivity index (χ1) is 7.75. The van der Waals surface area contributed by atoms with Crippen LogP contribution >= 0.6 is 11.3 Å². The van der Waals surface area contributed by atoms with Crippen LogP contribution in [0.2, 0.25) is 0 Å². The van der Waals surface area contributed by atoms with E-state index in [0.717, 1.165) is 44.0 Å².